The molecule has 0 aliphatic heterocycles. The number of hydrogen-bond acceptors (Lipinski definition) is 3. The second-order valence-corrected chi connectivity index (χ2v) is 9.11. The molecule has 3 heteroatoms. The minimum Gasteiger partial charge on any atom is -0.508 e. The third-order valence-corrected chi connectivity index (χ3v) is 6.50. The summed E-state index contributed by atoms with van der Waals surface area (Å²) in [6.45, 7) is 16.4. The molecule has 2 rings (SSSR count). The molecule has 0 heterocycles. The van der Waals surface area contributed by atoms with Gasteiger partial charge in [-0.3, -0.25) is 0 Å². The van der Waals surface area contributed by atoms with Gasteiger partial charge in [0.25, 0.3) is 0 Å². The van der Waals surface area contributed by atoms with E-state index >= 15 is 0 Å². The van der Waals surface area contributed by atoms with Crippen LogP contribution in [0, 0.1) is 6.92 Å². The zero-order valence-corrected chi connectivity index (χ0v) is 20.7. The van der Waals surface area contributed by atoms with Crippen molar-refractivity contribution in [1.29, 1.82) is 0 Å². The molecule has 2 nitrogen and oxygen atoms in total. The molecule has 0 saturated carbocycles. The largest absolute Gasteiger partial charge is 0.508 e. The van der Waals surface area contributed by atoms with Crippen LogP contribution in [0.3, 0.4) is 0 Å². The molecule has 0 aliphatic carbocycles. The third kappa shape index (κ3) is 7.80. The van der Waals surface area contributed by atoms with Crippen molar-refractivity contribution in [3.8, 4) is 11.5 Å². The quantitative estimate of drug-likeness (QED) is 0.199. The first kappa shape index (κ1) is 25.6. The van der Waals surface area contributed by atoms with E-state index in [4.69, 9.17) is 4.74 Å². The summed E-state index contributed by atoms with van der Waals surface area (Å²) < 4.78 is 5.57. The van der Waals surface area contributed by atoms with Gasteiger partial charge in [0.15, 0.2) is 0 Å². The minimum atomic E-state index is 0.276. The highest BCUT2D eigenvalue weighted by atomic mass is 32.2. The van der Waals surface area contributed by atoms with Gasteiger partial charge in [0.05, 0.1) is 6.26 Å². The highest BCUT2D eigenvalue weighted by Crippen LogP contribution is 2.34. The SMILES string of the molecule is C=COc1cc(O)c(CCCCCC)cc1/C=C(\C)C(=C)S/C=C(\C)c1ccc(C)cc1. The van der Waals surface area contributed by atoms with E-state index < -0.39 is 0 Å². The number of hydrogen-bond donors (Lipinski definition) is 1. The van der Waals surface area contributed by atoms with Crippen LogP contribution in [0.4, 0.5) is 0 Å². The van der Waals surface area contributed by atoms with Crippen molar-refractivity contribution in [3.63, 3.8) is 0 Å². The van der Waals surface area contributed by atoms with E-state index in [2.05, 4.69) is 76.6 Å². The Bertz CT molecular complexity index is 981. The monoisotopic (exact) mass is 448 g/mol. The molecule has 1 N–H and O–H groups in total. The van der Waals surface area contributed by atoms with E-state index in [-0.39, 0.29) is 5.75 Å². The van der Waals surface area contributed by atoms with Gasteiger partial charge in [-0.05, 0) is 73.4 Å². The lowest BCUT2D eigenvalue weighted by molar-refractivity contribution is 0.448. The Kier molecular flexibility index (Phi) is 10.4. The topological polar surface area (TPSA) is 29.5 Å². The van der Waals surface area contributed by atoms with E-state index in [9.17, 15) is 5.11 Å². The first-order valence-electron chi connectivity index (χ1n) is 11.3. The normalized spacial score (nSPS) is 12.0. The number of ether oxygens (including phenoxy) is 1. The number of thioether (sulfide) groups is 1. The predicted octanol–water partition coefficient (Wildman–Crippen LogP) is 9.06. The molecule has 2 aromatic rings. The highest BCUT2D eigenvalue weighted by molar-refractivity contribution is 8.06. The van der Waals surface area contributed by atoms with Gasteiger partial charge in [0.1, 0.15) is 11.5 Å². The van der Waals surface area contributed by atoms with Gasteiger partial charge < -0.3 is 9.84 Å². The fourth-order valence-electron chi connectivity index (χ4n) is 3.33. The van der Waals surface area contributed by atoms with Crippen molar-refractivity contribution in [2.24, 2.45) is 0 Å². The smallest absolute Gasteiger partial charge is 0.137 e. The van der Waals surface area contributed by atoms with E-state index in [0.717, 1.165) is 34.4 Å². The lowest BCUT2D eigenvalue weighted by atomic mass is 10.0. The van der Waals surface area contributed by atoms with Crippen LogP contribution in [0.15, 0.2) is 71.7 Å². The van der Waals surface area contributed by atoms with Gasteiger partial charge in [-0.15, -0.1) is 0 Å². The summed E-state index contributed by atoms with van der Waals surface area (Å²) in [6.07, 6.45) is 8.97. The zero-order chi connectivity index (χ0) is 23.5. The Morgan fingerprint density at radius 1 is 1.09 bits per heavy atom. The number of benzene rings is 2. The summed E-state index contributed by atoms with van der Waals surface area (Å²) >= 11 is 1.62. The average Bonchev–Trinajstić information content (AvgIpc) is 2.77. The Hall–Kier alpha value is -2.65. The summed E-state index contributed by atoms with van der Waals surface area (Å²) in [4.78, 5) is 0.971. The molecule has 0 bridgehead atoms. The second kappa shape index (κ2) is 13.0. The van der Waals surface area contributed by atoms with Crippen molar-refractivity contribution >= 4 is 23.4 Å². The number of aromatic hydroxyl groups is 1. The molecule has 0 amide bonds. The summed E-state index contributed by atoms with van der Waals surface area (Å²) in [5.41, 5.74) is 6.61. The van der Waals surface area contributed by atoms with Gasteiger partial charge in [-0.25, -0.2) is 0 Å². The molecule has 0 spiro atoms. The third-order valence-electron chi connectivity index (χ3n) is 5.42. The molecule has 0 radical (unpaired) electrons. The average molecular weight is 449 g/mol. The van der Waals surface area contributed by atoms with Gasteiger partial charge in [0.2, 0.25) is 0 Å². The molecule has 0 fully saturated rings. The molecule has 0 aliphatic rings. The summed E-state index contributed by atoms with van der Waals surface area (Å²) in [5.74, 6) is 0.872. The molecule has 170 valence electrons. The maximum Gasteiger partial charge on any atom is 0.137 e. The van der Waals surface area contributed by atoms with E-state index in [0.29, 0.717) is 5.75 Å². The lowest BCUT2D eigenvalue weighted by Gasteiger charge is -2.12. The van der Waals surface area contributed by atoms with Crippen LogP contribution in [0.2, 0.25) is 0 Å². The Morgan fingerprint density at radius 2 is 1.81 bits per heavy atom. The molecule has 32 heavy (non-hydrogen) atoms. The Morgan fingerprint density at radius 3 is 2.47 bits per heavy atom. The Balaban J connectivity index is 2.19. The van der Waals surface area contributed by atoms with Crippen LogP contribution in [0.25, 0.3) is 11.6 Å². The van der Waals surface area contributed by atoms with Crippen LogP contribution in [0.1, 0.15) is 68.7 Å². The van der Waals surface area contributed by atoms with E-state index in [1.54, 1.807) is 17.8 Å². The van der Waals surface area contributed by atoms with Crippen LogP contribution < -0.4 is 4.74 Å². The number of aryl methyl sites for hydroxylation is 2. The van der Waals surface area contributed by atoms with Gasteiger partial charge in [0, 0.05) is 16.5 Å². The maximum atomic E-state index is 10.4. The van der Waals surface area contributed by atoms with Crippen molar-refractivity contribution in [2.45, 2.75) is 59.8 Å². The van der Waals surface area contributed by atoms with Crippen molar-refractivity contribution in [3.05, 3.63) is 94.0 Å². The molecular formula is C29H36O2S. The maximum absolute atomic E-state index is 10.4. The molecule has 0 unspecified atom stereocenters. The van der Waals surface area contributed by atoms with Crippen LogP contribution in [-0.4, -0.2) is 5.11 Å². The minimum absolute atomic E-state index is 0.276. The number of rotatable bonds is 12. The second-order valence-electron chi connectivity index (χ2n) is 8.15. The first-order valence-corrected chi connectivity index (χ1v) is 12.1. The molecular weight excluding hydrogens is 412 g/mol. The number of phenols is 1. The number of allylic oxidation sites excluding steroid dienone is 2. The van der Waals surface area contributed by atoms with Crippen LogP contribution >= 0.6 is 11.8 Å². The van der Waals surface area contributed by atoms with Crippen LogP contribution in [-0.2, 0) is 6.42 Å². The number of phenolic OH excluding ortho intramolecular Hbond substituents is 1. The summed E-state index contributed by atoms with van der Waals surface area (Å²) in [5, 5.41) is 12.6. The summed E-state index contributed by atoms with van der Waals surface area (Å²) in [6, 6.07) is 12.3. The van der Waals surface area contributed by atoms with E-state index in [1.807, 2.05) is 6.07 Å². The predicted molar refractivity (Wildman–Crippen MR) is 142 cm³/mol. The van der Waals surface area contributed by atoms with Gasteiger partial charge in [-0.2, -0.15) is 0 Å². The lowest BCUT2D eigenvalue weighted by Crippen LogP contribution is -1.93. The van der Waals surface area contributed by atoms with Crippen LogP contribution in [0.5, 0.6) is 11.5 Å². The Labute approximate surface area is 198 Å². The molecule has 0 atom stereocenters. The first-order chi connectivity index (χ1) is 15.3. The van der Waals surface area contributed by atoms with Gasteiger partial charge >= 0.3 is 0 Å². The fraction of sp³-hybridized carbons (Fsp3) is 0.310. The number of unbranched alkanes of at least 4 members (excludes halogenated alkanes) is 3. The van der Waals surface area contributed by atoms with Crippen molar-refractivity contribution in [2.75, 3.05) is 0 Å². The zero-order valence-electron chi connectivity index (χ0n) is 19.9. The van der Waals surface area contributed by atoms with Crippen molar-refractivity contribution < 1.29 is 9.84 Å². The molecule has 0 aromatic heterocycles. The van der Waals surface area contributed by atoms with E-state index in [1.165, 1.54) is 42.2 Å². The molecule has 2 aromatic carbocycles. The van der Waals surface area contributed by atoms with Crippen molar-refractivity contribution in [1.82, 2.24) is 0 Å². The standard InChI is InChI=1S/C29H36O2S/c1-7-9-10-11-12-26-18-27(29(31-8-2)19-28(26)30)17-22(4)24(6)32-20-23(5)25-15-13-21(3)14-16-25/h8,13-20,30H,2,6-7,9-12H2,1,3-5H3/b22-17+,23-20+. The van der Waals surface area contributed by atoms with Gasteiger partial charge in [-0.1, -0.05) is 80.9 Å². The summed E-state index contributed by atoms with van der Waals surface area (Å²) in [7, 11) is 0. The highest BCUT2D eigenvalue weighted by Gasteiger charge is 2.10. The fourth-order valence-corrected chi connectivity index (χ4v) is 4.03. The molecule has 0 saturated heterocycles.